The summed E-state index contributed by atoms with van der Waals surface area (Å²) in [5, 5.41) is 0. The molecule has 1 aliphatic rings. The molecule has 2 aromatic rings. The number of benzene rings is 2. The quantitative estimate of drug-likeness (QED) is 0.841. The van der Waals surface area contributed by atoms with E-state index >= 15 is 0 Å². The monoisotopic (exact) mass is 408 g/mol. The number of likely N-dealkylation sites (tertiary alicyclic amines) is 1. The third-order valence-electron chi connectivity index (χ3n) is 3.90. The van der Waals surface area contributed by atoms with Crippen LogP contribution in [0.3, 0.4) is 0 Å². The number of nitrogens with zero attached hydrogens (tertiary/aromatic N) is 1. The Balaban J connectivity index is 1.73. The number of nitrogens with one attached hydrogen (secondary N) is 1. The van der Waals surface area contributed by atoms with Gasteiger partial charge in [-0.1, -0.05) is 15.9 Å². The number of sulfonamides is 1. The molecule has 1 saturated heterocycles. The Bertz CT molecular complexity index is 827. The van der Waals surface area contributed by atoms with Crippen LogP contribution in [0.5, 0.6) is 0 Å². The van der Waals surface area contributed by atoms with E-state index in [4.69, 9.17) is 0 Å². The van der Waals surface area contributed by atoms with Crippen molar-refractivity contribution < 1.29 is 13.2 Å². The van der Waals surface area contributed by atoms with E-state index in [2.05, 4.69) is 20.7 Å². The number of anilines is 1. The number of carbonyl (C=O) groups is 1. The van der Waals surface area contributed by atoms with Crippen molar-refractivity contribution in [2.75, 3.05) is 17.8 Å². The second kappa shape index (κ2) is 6.94. The minimum absolute atomic E-state index is 0.00480. The van der Waals surface area contributed by atoms with Gasteiger partial charge in [0.25, 0.3) is 15.9 Å². The van der Waals surface area contributed by atoms with E-state index in [1.807, 2.05) is 4.90 Å². The highest BCUT2D eigenvalue weighted by atomic mass is 79.9. The second-order valence-electron chi connectivity index (χ2n) is 5.64. The lowest BCUT2D eigenvalue weighted by Crippen LogP contribution is -2.27. The molecule has 2 aromatic carbocycles. The van der Waals surface area contributed by atoms with Crippen molar-refractivity contribution in [2.45, 2.75) is 17.7 Å². The average Bonchev–Trinajstić information content (AvgIpc) is 3.09. The van der Waals surface area contributed by atoms with Gasteiger partial charge in [-0.15, -0.1) is 0 Å². The van der Waals surface area contributed by atoms with Gasteiger partial charge in [0.05, 0.1) is 4.90 Å². The third kappa shape index (κ3) is 3.79. The molecule has 1 fully saturated rings. The van der Waals surface area contributed by atoms with Crippen LogP contribution in [0.25, 0.3) is 0 Å². The van der Waals surface area contributed by atoms with Crippen LogP contribution in [0.1, 0.15) is 23.2 Å². The van der Waals surface area contributed by atoms with Gasteiger partial charge in [0.15, 0.2) is 0 Å². The first-order valence-electron chi connectivity index (χ1n) is 7.63. The van der Waals surface area contributed by atoms with Gasteiger partial charge in [0.1, 0.15) is 0 Å². The van der Waals surface area contributed by atoms with Crippen LogP contribution in [0.15, 0.2) is 57.9 Å². The summed E-state index contributed by atoms with van der Waals surface area (Å²) in [6, 6.07) is 12.9. The molecule has 1 heterocycles. The predicted octanol–water partition coefficient (Wildman–Crippen LogP) is 3.49. The zero-order valence-electron chi connectivity index (χ0n) is 12.9. The fraction of sp³-hybridized carbons (Fsp3) is 0.235. The second-order valence-corrected chi connectivity index (χ2v) is 8.23. The zero-order chi connectivity index (χ0) is 17.2. The Labute approximate surface area is 149 Å². The summed E-state index contributed by atoms with van der Waals surface area (Å²) >= 11 is 3.28. The van der Waals surface area contributed by atoms with Crippen LogP contribution in [0.2, 0.25) is 0 Å². The van der Waals surface area contributed by atoms with Gasteiger partial charge in [0, 0.05) is 28.8 Å². The maximum Gasteiger partial charge on any atom is 0.261 e. The molecule has 0 radical (unpaired) electrons. The van der Waals surface area contributed by atoms with Gasteiger partial charge in [-0.05, 0) is 61.4 Å². The maximum atomic E-state index is 12.3. The molecule has 1 N–H and O–H groups in total. The lowest BCUT2D eigenvalue weighted by atomic mass is 10.2. The molecule has 0 aromatic heterocycles. The Kier molecular flexibility index (Phi) is 4.91. The minimum atomic E-state index is -3.65. The average molecular weight is 409 g/mol. The topological polar surface area (TPSA) is 66.5 Å². The van der Waals surface area contributed by atoms with Crippen molar-refractivity contribution in [3.05, 3.63) is 58.6 Å². The molecule has 0 spiro atoms. The minimum Gasteiger partial charge on any atom is -0.339 e. The van der Waals surface area contributed by atoms with E-state index in [1.54, 1.807) is 36.4 Å². The van der Waals surface area contributed by atoms with E-state index in [0.717, 1.165) is 30.4 Å². The van der Waals surface area contributed by atoms with Crippen molar-refractivity contribution in [3.8, 4) is 0 Å². The summed E-state index contributed by atoms with van der Waals surface area (Å²) in [7, 11) is -3.65. The fourth-order valence-corrected chi connectivity index (χ4v) is 3.93. The summed E-state index contributed by atoms with van der Waals surface area (Å²) in [5.74, 6) is -0.00480. The predicted molar refractivity (Wildman–Crippen MR) is 96.5 cm³/mol. The van der Waals surface area contributed by atoms with Gasteiger partial charge in [-0.3, -0.25) is 9.52 Å². The lowest BCUT2D eigenvalue weighted by molar-refractivity contribution is 0.0793. The first-order chi connectivity index (χ1) is 11.5. The SMILES string of the molecule is O=C(c1ccc(NS(=O)(=O)c2ccc(Br)cc2)cc1)N1CCCC1. The smallest absolute Gasteiger partial charge is 0.261 e. The molecule has 1 amide bonds. The lowest BCUT2D eigenvalue weighted by Gasteiger charge is -2.15. The molecule has 0 unspecified atom stereocenters. The van der Waals surface area contributed by atoms with Gasteiger partial charge >= 0.3 is 0 Å². The number of amides is 1. The third-order valence-corrected chi connectivity index (χ3v) is 5.83. The molecule has 5 nitrogen and oxygen atoms in total. The van der Waals surface area contributed by atoms with Crippen molar-refractivity contribution in [1.29, 1.82) is 0 Å². The molecule has 0 bridgehead atoms. The molecular weight excluding hydrogens is 392 g/mol. The van der Waals surface area contributed by atoms with Gasteiger partial charge in [-0.25, -0.2) is 8.42 Å². The molecule has 3 rings (SSSR count). The molecule has 0 saturated carbocycles. The summed E-state index contributed by atoms with van der Waals surface area (Å²) in [4.78, 5) is 14.3. The van der Waals surface area contributed by atoms with Crippen LogP contribution in [-0.2, 0) is 10.0 Å². The standard InChI is InChI=1S/C17H17BrN2O3S/c18-14-5-9-16(10-6-14)24(22,23)19-15-7-3-13(4-8-15)17(21)20-11-1-2-12-20/h3-10,19H,1-2,11-12H2. The van der Waals surface area contributed by atoms with Crippen molar-refractivity contribution in [1.82, 2.24) is 4.90 Å². The van der Waals surface area contributed by atoms with E-state index in [1.165, 1.54) is 12.1 Å². The van der Waals surface area contributed by atoms with E-state index in [-0.39, 0.29) is 10.8 Å². The van der Waals surface area contributed by atoms with Gasteiger partial charge in [-0.2, -0.15) is 0 Å². The van der Waals surface area contributed by atoms with Crippen LogP contribution in [0.4, 0.5) is 5.69 Å². The van der Waals surface area contributed by atoms with Gasteiger partial charge in [0.2, 0.25) is 0 Å². The number of carbonyl (C=O) groups excluding carboxylic acids is 1. The Morgan fingerprint density at radius 2 is 1.54 bits per heavy atom. The molecule has 1 aliphatic heterocycles. The summed E-state index contributed by atoms with van der Waals surface area (Å²) in [6.45, 7) is 1.58. The molecule has 0 aliphatic carbocycles. The number of halogens is 1. The molecule has 24 heavy (non-hydrogen) atoms. The van der Waals surface area contributed by atoms with Crippen LogP contribution in [-0.4, -0.2) is 32.3 Å². The van der Waals surface area contributed by atoms with E-state index in [0.29, 0.717) is 11.3 Å². The Hall–Kier alpha value is -1.86. The van der Waals surface area contributed by atoms with Gasteiger partial charge < -0.3 is 4.90 Å². The molecule has 0 atom stereocenters. The molecule has 7 heteroatoms. The summed E-state index contributed by atoms with van der Waals surface area (Å²) in [5.41, 5.74) is 0.999. The first-order valence-corrected chi connectivity index (χ1v) is 9.91. The fourth-order valence-electron chi connectivity index (χ4n) is 2.61. The van der Waals surface area contributed by atoms with Crippen LogP contribution >= 0.6 is 15.9 Å². The highest BCUT2D eigenvalue weighted by Gasteiger charge is 2.19. The maximum absolute atomic E-state index is 12.3. The molecular formula is C17H17BrN2O3S. The van der Waals surface area contributed by atoms with E-state index in [9.17, 15) is 13.2 Å². The summed E-state index contributed by atoms with van der Waals surface area (Å²) < 4.78 is 28.0. The van der Waals surface area contributed by atoms with Crippen LogP contribution < -0.4 is 4.72 Å². The summed E-state index contributed by atoms with van der Waals surface area (Å²) in [6.07, 6.45) is 2.08. The van der Waals surface area contributed by atoms with Crippen LogP contribution in [0, 0.1) is 0 Å². The van der Waals surface area contributed by atoms with E-state index < -0.39 is 10.0 Å². The largest absolute Gasteiger partial charge is 0.339 e. The Morgan fingerprint density at radius 3 is 2.12 bits per heavy atom. The normalized spacial score (nSPS) is 14.6. The number of rotatable bonds is 4. The first kappa shape index (κ1) is 17.0. The van der Waals surface area contributed by atoms with Crippen molar-refractivity contribution in [3.63, 3.8) is 0 Å². The van der Waals surface area contributed by atoms with Crippen molar-refractivity contribution in [2.24, 2.45) is 0 Å². The Morgan fingerprint density at radius 1 is 0.958 bits per heavy atom. The zero-order valence-corrected chi connectivity index (χ0v) is 15.3. The van der Waals surface area contributed by atoms with Crippen molar-refractivity contribution >= 4 is 37.5 Å². The highest BCUT2D eigenvalue weighted by molar-refractivity contribution is 9.10. The highest BCUT2D eigenvalue weighted by Crippen LogP contribution is 2.20. The molecule has 126 valence electrons. The number of hydrogen-bond acceptors (Lipinski definition) is 3. The number of hydrogen-bond donors (Lipinski definition) is 1.